The van der Waals surface area contributed by atoms with Crippen molar-refractivity contribution >= 4 is 16.8 Å². The summed E-state index contributed by atoms with van der Waals surface area (Å²) in [6.45, 7) is 2.52. The van der Waals surface area contributed by atoms with Crippen molar-refractivity contribution in [2.24, 2.45) is 0 Å². The molecule has 0 fully saturated rings. The number of amides is 1. The predicted octanol–water partition coefficient (Wildman–Crippen LogP) is 3.80. The van der Waals surface area contributed by atoms with Crippen molar-refractivity contribution in [2.45, 2.75) is 19.4 Å². The molecule has 120 valence electrons. The van der Waals surface area contributed by atoms with E-state index in [1.165, 1.54) is 0 Å². The van der Waals surface area contributed by atoms with E-state index in [1.807, 2.05) is 61.5 Å². The maximum atomic E-state index is 12.9. The Morgan fingerprint density at radius 1 is 1.17 bits per heavy atom. The molecule has 0 radical (unpaired) electrons. The van der Waals surface area contributed by atoms with Crippen molar-refractivity contribution < 1.29 is 9.53 Å². The molecule has 4 rings (SSSR count). The highest BCUT2D eigenvalue weighted by atomic mass is 16.5. The lowest BCUT2D eigenvalue weighted by Crippen LogP contribution is -2.32. The van der Waals surface area contributed by atoms with E-state index in [2.05, 4.69) is 10.3 Å². The second-order valence-corrected chi connectivity index (χ2v) is 6.03. The first-order chi connectivity index (χ1) is 11.7. The lowest BCUT2D eigenvalue weighted by atomic mass is 9.99. The largest absolute Gasteiger partial charge is 0.493 e. The first-order valence-electron chi connectivity index (χ1n) is 8.11. The smallest absolute Gasteiger partial charge is 0.252 e. The highest BCUT2D eigenvalue weighted by Gasteiger charge is 2.23. The number of hydrogen-bond acceptors (Lipinski definition) is 3. The Morgan fingerprint density at radius 2 is 1.96 bits per heavy atom. The standard InChI is InChI=1S/C20H18N2O2/c1-13-12-16(14-6-2-4-8-17(14)21-13)20(23)22-18-10-11-24-19-9-5-3-7-15(18)19/h2-9,12,18H,10-11H2,1H3,(H,22,23). The third-order valence-corrected chi connectivity index (χ3v) is 4.35. The van der Waals surface area contributed by atoms with Crippen molar-refractivity contribution in [2.75, 3.05) is 6.61 Å². The lowest BCUT2D eigenvalue weighted by Gasteiger charge is -2.26. The van der Waals surface area contributed by atoms with E-state index in [4.69, 9.17) is 4.74 Å². The van der Waals surface area contributed by atoms with Crippen LogP contribution in [-0.4, -0.2) is 17.5 Å². The molecule has 0 spiro atoms. The molecule has 1 unspecified atom stereocenters. The van der Waals surface area contributed by atoms with Gasteiger partial charge in [-0.1, -0.05) is 36.4 Å². The van der Waals surface area contributed by atoms with Crippen LogP contribution >= 0.6 is 0 Å². The molecule has 1 aromatic heterocycles. The molecule has 1 amide bonds. The van der Waals surface area contributed by atoms with Crippen LogP contribution in [-0.2, 0) is 0 Å². The van der Waals surface area contributed by atoms with Gasteiger partial charge in [0, 0.05) is 23.1 Å². The molecule has 0 saturated heterocycles. The average molecular weight is 318 g/mol. The summed E-state index contributed by atoms with van der Waals surface area (Å²) < 4.78 is 5.67. The third-order valence-electron chi connectivity index (χ3n) is 4.35. The molecule has 4 nitrogen and oxygen atoms in total. The van der Waals surface area contributed by atoms with Gasteiger partial charge in [-0.15, -0.1) is 0 Å². The number of hydrogen-bond donors (Lipinski definition) is 1. The number of carbonyl (C=O) groups excluding carboxylic acids is 1. The number of nitrogens with zero attached hydrogens (tertiary/aromatic N) is 1. The van der Waals surface area contributed by atoms with Gasteiger partial charge in [0.2, 0.25) is 0 Å². The fourth-order valence-corrected chi connectivity index (χ4v) is 3.22. The third kappa shape index (κ3) is 2.60. The van der Waals surface area contributed by atoms with Gasteiger partial charge >= 0.3 is 0 Å². The lowest BCUT2D eigenvalue weighted by molar-refractivity contribution is 0.0926. The first kappa shape index (κ1) is 14.7. The Balaban J connectivity index is 1.69. The summed E-state index contributed by atoms with van der Waals surface area (Å²) in [5, 5.41) is 4.04. The zero-order chi connectivity index (χ0) is 16.5. The zero-order valence-corrected chi connectivity index (χ0v) is 13.5. The number of carbonyl (C=O) groups is 1. The molecule has 2 aromatic carbocycles. The molecule has 1 aliphatic rings. The van der Waals surface area contributed by atoms with Crippen molar-refractivity contribution in [3.8, 4) is 5.75 Å². The summed E-state index contributed by atoms with van der Waals surface area (Å²) in [7, 11) is 0. The van der Waals surface area contributed by atoms with Gasteiger partial charge < -0.3 is 10.1 Å². The van der Waals surface area contributed by atoms with Crippen LogP contribution in [0.15, 0.2) is 54.6 Å². The van der Waals surface area contributed by atoms with E-state index in [0.717, 1.165) is 34.3 Å². The van der Waals surface area contributed by atoms with Crippen LogP contribution in [0.2, 0.25) is 0 Å². The van der Waals surface area contributed by atoms with Gasteiger partial charge in [-0.05, 0) is 25.1 Å². The minimum Gasteiger partial charge on any atom is -0.493 e. The molecule has 2 heterocycles. The molecule has 3 aromatic rings. The summed E-state index contributed by atoms with van der Waals surface area (Å²) in [4.78, 5) is 17.4. The van der Waals surface area contributed by atoms with E-state index < -0.39 is 0 Å². The van der Waals surface area contributed by atoms with Crippen LogP contribution in [0.3, 0.4) is 0 Å². The second-order valence-electron chi connectivity index (χ2n) is 6.03. The van der Waals surface area contributed by atoms with Crippen molar-refractivity contribution in [1.29, 1.82) is 0 Å². The van der Waals surface area contributed by atoms with Gasteiger partial charge in [0.25, 0.3) is 5.91 Å². The SMILES string of the molecule is Cc1cc(C(=O)NC2CCOc3ccccc32)c2ccccc2n1. The van der Waals surface area contributed by atoms with Gasteiger partial charge in [-0.2, -0.15) is 0 Å². The fraction of sp³-hybridized carbons (Fsp3) is 0.200. The maximum absolute atomic E-state index is 12.9. The zero-order valence-electron chi connectivity index (χ0n) is 13.5. The number of aryl methyl sites for hydroxylation is 1. The summed E-state index contributed by atoms with van der Waals surface area (Å²) in [6, 6.07) is 17.4. The minimum atomic E-state index is -0.0709. The van der Waals surface area contributed by atoms with Gasteiger partial charge in [0.1, 0.15) is 5.75 Å². The van der Waals surface area contributed by atoms with E-state index in [0.29, 0.717) is 12.2 Å². The average Bonchev–Trinajstić information content (AvgIpc) is 2.61. The summed E-state index contributed by atoms with van der Waals surface area (Å²) in [6.07, 6.45) is 0.769. The molecule has 4 heteroatoms. The highest BCUT2D eigenvalue weighted by Crippen LogP contribution is 2.32. The summed E-state index contributed by atoms with van der Waals surface area (Å²) in [5.41, 5.74) is 3.38. The van der Waals surface area contributed by atoms with Gasteiger partial charge in [-0.25, -0.2) is 0 Å². The monoisotopic (exact) mass is 318 g/mol. The van der Waals surface area contributed by atoms with Crippen molar-refractivity contribution in [1.82, 2.24) is 10.3 Å². The summed E-state index contributed by atoms with van der Waals surface area (Å²) in [5.74, 6) is 0.781. The van der Waals surface area contributed by atoms with E-state index >= 15 is 0 Å². The van der Waals surface area contributed by atoms with Crippen LogP contribution in [0.4, 0.5) is 0 Å². The number of pyridine rings is 1. The maximum Gasteiger partial charge on any atom is 0.252 e. The summed E-state index contributed by atoms with van der Waals surface area (Å²) >= 11 is 0. The van der Waals surface area contributed by atoms with Crippen molar-refractivity contribution in [3.05, 3.63) is 71.4 Å². The predicted molar refractivity (Wildman–Crippen MR) is 93.2 cm³/mol. The fourth-order valence-electron chi connectivity index (χ4n) is 3.22. The molecule has 1 N–H and O–H groups in total. The number of fused-ring (bicyclic) bond motifs is 2. The van der Waals surface area contributed by atoms with Gasteiger partial charge in [0.15, 0.2) is 0 Å². The Bertz CT molecular complexity index is 920. The number of rotatable bonds is 2. The quantitative estimate of drug-likeness (QED) is 0.782. The Labute approximate surface area is 140 Å². The van der Waals surface area contributed by atoms with Crippen LogP contribution in [0.1, 0.15) is 34.1 Å². The number of ether oxygens (including phenoxy) is 1. The molecule has 0 aliphatic carbocycles. The van der Waals surface area contributed by atoms with E-state index in [9.17, 15) is 4.79 Å². The normalized spacial score (nSPS) is 16.3. The molecule has 0 saturated carbocycles. The van der Waals surface area contributed by atoms with Crippen LogP contribution in [0.25, 0.3) is 10.9 Å². The number of benzene rings is 2. The minimum absolute atomic E-state index is 0.0327. The van der Waals surface area contributed by atoms with E-state index in [-0.39, 0.29) is 11.9 Å². The van der Waals surface area contributed by atoms with Crippen molar-refractivity contribution in [3.63, 3.8) is 0 Å². The Morgan fingerprint density at radius 3 is 2.88 bits per heavy atom. The number of aromatic nitrogens is 1. The Hall–Kier alpha value is -2.88. The molecular formula is C20H18N2O2. The van der Waals surface area contributed by atoms with E-state index in [1.54, 1.807) is 0 Å². The number of nitrogens with one attached hydrogen (secondary N) is 1. The molecule has 24 heavy (non-hydrogen) atoms. The van der Waals surface area contributed by atoms with Gasteiger partial charge in [0.05, 0.1) is 23.7 Å². The Kier molecular flexibility index (Phi) is 3.65. The highest BCUT2D eigenvalue weighted by molar-refractivity contribution is 6.06. The van der Waals surface area contributed by atoms with Crippen LogP contribution in [0, 0.1) is 6.92 Å². The van der Waals surface area contributed by atoms with Gasteiger partial charge in [-0.3, -0.25) is 9.78 Å². The molecular weight excluding hydrogens is 300 g/mol. The molecule has 0 bridgehead atoms. The van der Waals surface area contributed by atoms with Crippen LogP contribution in [0.5, 0.6) is 5.75 Å². The first-order valence-corrected chi connectivity index (χ1v) is 8.11. The molecule has 1 atom stereocenters. The number of para-hydroxylation sites is 2. The second kappa shape index (κ2) is 5.96. The molecule has 1 aliphatic heterocycles. The topological polar surface area (TPSA) is 51.2 Å². The van der Waals surface area contributed by atoms with Crippen LogP contribution < -0.4 is 10.1 Å².